The number of sulfone groups is 1. The van der Waals surface area contributed by atoms with Gasteiger partial charge in [-0.05, 0) is 48.5 Å². The average Bonchev–Trinajstić information content (AvgIpc) is 3.31. The molecule has 0 saturated carbocycles. The first-order chi connectivity index (χ1) is 15.4. The molecule has 2 aromatic heterocycles. The molecule has 0 unspecified atom stereocenters. The normalized spacial score (nSPS) is 11.3. The lowest BCUT2D eigenvalue weighted by Gasteiger charge is -2.21. The van der Waals surface area contributed by atoms with Crippen molar-refractivity contribution in [1.82, 2.24) is 4.98 Å². The molecule has 0 fully saturated rings. The Balaban J connectivity index is 1.71. The van der Waals surface area contributed by atoms with E-state index < -0.39 is 21.6 Å². The fourth-order valence-electron chi connectivity index (χ4n) is 3.04. The second kappa shape index (κ2) is 8.94. The highest BCUT2D eigenvalue weighted by Gasteiger charge is 2.28. The molecule has 6 nitrogen and oxygen atoms in total. The van der Waals surface area contributed by atoms with E-state index in [2.05, 4.69) is 4.98 Å². The second-order valence-electron chi connectivity index (χ2n) is 6.71. The van der Waals surface area contributed by atoms with Crippen molar-refractivity contribution in [2.45, 2.75) is 16.5 Å². The van der Waals surface area contributed by atoms with Crippen molar-refractivity contribution in [3.63, 3.8) is 0 Å². The predicted molar refractivity (Wildman–Crippen MR) is 117 cm³/mol. The quantitative estimate of drug-likeness (QED) is 0.389. The van der Waals surface area contributed by atoms with Gasteiger partial charge < -0.3 is 4.42 Å². The number of aromatic nitrogens is 1. The van der Waals surface area contributed by atoms with Crippen LogP contribution < -0.4 is 4.90 Å². The van der Waals surface area contributed by atoms with Crippen LogP contribution in [-0.2, 0) is 16.4 Å². The van der Waals surface area contributed by atoms with Gasteiger partial charge in [-0.2, -0.15) is 0 Å². The Bertz CT molecular complexity index is 1340. The van der Waals surface area contributed by atoms with Crippen LogP contribution in [0.2, 0.25) is 5.02 Å². The van der Waals surface area contributed by atoms with Gasteiger partial charge in [0.25, 0.3) is 5.91 Å². The van der Waals surface area contributed by atoms with Gasteiger partial charge in [0.2, 0.25) is 14.9 Å². The van der Waals surface area contributed by atoms with Gasteiger partial charge in [-0.1, -0.05) is 41.9 Å². The number of anilines is 1. The molecule has 0 radical (unpaired) electrons. The van der Waals surface area contributed by atoms with E-state index in [9.17, 15) is 17.6 Å². The lowest BCUT2D eigenvalue weighted by molar-refractivity contribution is 0.0952. The summed E-state index contributed by atoms with van der Waals surface area (Å²) in [5.41, 5.74) is 0.0943. The number of pyridine rings is 1. The maximum absolute atomic E-state index is 14.4. The van der Waals surface area contributed by atoms with E-state index in [1.165, 1.54) is 53.6 Å². The van der Waals surface area contributed by atoms with Gasteiger partial charge in [0, 0.05) is 16.8 Å². The standard InChI is InChI=1S/C23H16ClFN2O4S/c24-18-9-6-10-19(25)17(18)15-27(21-11-4-5-14-26-21)23(28)20-12-13-22(31-20)32(29,30)16-7-2-1-3-8-16/h1-14H,15H2. The smallest absolute Gasteiger partial charge is 0.295 e. The first-order valence-electron chi connectivity index (χ1n) is 9.43. The molecule has 0 N–H and O–H groups in total. The Morgan fingerprint density at radius 1 is 0.969 bits per heavy atom. The SMILES string of the molecule is O=C(c1ccc(S(=O)(=O)c2ccccc2)o1)N(Cc1c(F)cccc1Cl)c1ccccn1. The van der Waals surface area contributed by atoms with Gasteiger partial charge in [0.05, 0.1) is 11.4 Å². The number of carbonyl (C=O) groups excluding carboxylic acids is 1. The summed E-state index contributed by atoms with van der Waals surface area (Å²) in [4.78, 5) is 18.6. The van der Waals surface area contributed by atoms with Crippen molar-refractivity contribution in [2.75, 3.05) is 4.90 Å². The molecule has 0 aliphatic heterocycles. The van der Waals surface area contributed by atoms with Crippen LogP contribution in [0.3, 0.4) is 0 Å². The van der Waals surface area contributed by atoms with Gasteiger partial charge >= 0.3 is 0 Å². The monoisotopic (exact) mass is 470 g/mol. The van der Waals surface area contributed by atoms with E-state index in [4.69, 9.17) is 16.0 Å². The minimum absolute atomic E-state index is 0.0352. The van der Waals surface area contributed by atoms with Crippen LogP contribution in [0.15, 0.2) is 99.5 Å². The summed E-state index contributed by atoms with van der Waals surface area (Å²) in [6.07, 6.45) is 1.48. The summed E-state index contributed by atoms with van der Waals surface area (Å²) < 4.78 is 45.4. The summed E-state index contributed by atoms with van der Waals surface area (Å²) in [5, 5.41) is -0.234. The second-order valence-corrected chi connectivity index (χ2v) is 9.00. The molecule has 4 rings (SSSR count). The van der Waals surface area contributed by atoms with E-state index in [0.29, 0.717) is 0 Å². The molecule has 0 aliphatic rings. The highest BCUT2D eigenvalue weighted by molar-refractivity contribution is 7.91. The van der Waals surface area contributed by atoms with Crippen LogP contribution in [0.25, 0.3) is 0 Å². The number of hydrogen-bond acceptors (Lipinski definition) is 5. The summed E-state index contributed by atoms with van der Waals surface area (Å²) in [6, 6.07) is 19.3. The Kier molecular flexibility index (Phi) is 6.07. The number of hydrogen-bond donors (Lipinski definition) is 0. The van der Waals surface area contributed by atoms with Crippen molar-refractivity contribution >= 4 is 33.2 Å². The zero-order valence-electron chi connectivity index (χ0n) is 16.5. The van der Waals surface area contributed by atoms with E-state index in [-0.39, 0.29) is 38.7 Å². The summed E-state index contributed by atoms with van der Waals surface area (Å²) in [7, 11) is -3.95. The number of carbonyl (C=O) groups is 1. The van der Waals surface area contributed by atoms with Gasteiger partial charge in [-0.15, -0.1) is 0 Å². The highest BCUT2D eigenvalue weighted by atomic mass is 35.5. The van der Waals surface area contributed by atoms with Crippen molar-refractivity contribution < 1.29 is 22.0 Å². The van der Waals surface area contributed by atoms with Crippen LogP contribution in [0.1, 0.15) is 16.1 Å². The molecule has 0 spiro atoms. The molecular formula is C23H16ClFN2O4S. The van der Waals surface area contributed by atoms with Crippen molar-refractivity contribution in [3.8, 4) is 0 Å². The largest absolute Gasteiger partial charge is 0.439 e. The van der Waals surface area contributed by atoms with Crippen LogP contribution in [0.5, 0.6) is 0 Å². The van der Waals surface area contributed by atoms with Crippen LogP contribution in [0, 0.1) is 5.82 Å². The molecule has 0 atom stereocenters. The fourth-order valence-corrected chi connectivity index (χ4v) is 4.46. The Hall–Kier alpha value is -3.49. The number of rotatable bonds is 6. The van der Waals surface area contributed by atoms with Gasteiger partial charge in [0.15, 0.2) is 5.76 Å². The molecule has 0 saturated heterocycles. The number of benzene rings is 2. The summed E-state index contributed by atoms with van der Waals surface area (Å²) in [6.45, 7) is -0.233. The van der Waals surface area contributed by atoms with Crippen LogP contribution in [0.4, 0.5) is 10.2 Å². The molecule has 162 valence electrons. The lowest BCUT2D eigenvalue weighted by atomic mass is 10.2. The molecule has 32 heavy (non-hydrogen) atoms. The van der Waals surface area contributed by atoms with E-state index in [0.717, 1.165) is 0 Å². The Labute approximate surface area is 188 Å². The van der Waals surface area contributed by atoms with Crippen LogP contribution in [-0.4, -0.2) is 19.3 Å². The van der Waals surface area contributed by atoms with Crippen molar-refractivity contribution in [2.24, 2.45) is 0 Å². The van der Waals surface area contributed by atoms with E-state index in [1.807, 2.05) is 0 Å². The zero-order valence-corrected chi connectivity index (χ0v) is 18.1. The molecule has 0 aliphatic carbocycles. The molecule has 2 heterocycles. The summed E-state index contributed by atoms with van der Waals surface area (Å²) >= 11 is 6.14. The average molecular weight is 471 g/mol. The Morgan fingerprint density at radius 3 is 2.41 bits per heavy atom. The number of halogens is 2. The molecule has 4 aromatic rings. The first-order valence-corrected chi connectivity index (χ1v) is 11.3. The maximum Gasteiger partial charge on any atom is 0.295 e. The number of furan rings is 1. The highest BCUT2D eigenvalue weighted by Crippen LogP contribution is 2.27. The van der Waals surface area contributed by atoms with E-state index in [1.54, 1.807) is 36.4 Å². The number of nitrogens with zero attached hydrogens (tertiary/aromatic N) is 2. The zero-order chi connectivity index (χ0) is 22.7. The third-order valence-electron chi connectivity index (χ3n) is 4.66. The summed E-state index contributed by atoms with van der Waals surface area (Å²) in [5.74, 6) is -1.30. The Morgan fingerprint density at radius 2 is 1.72 bits per heavy atom. The first kappa shape index (κ1) is 21.7. The predicted octanol–water partition coefficient (Wildman–Crippen LogP) is 5.15. The van der Waals surface area contributed by atoms with Crippen molar-refractivity contribution in [1.29, 1.82) is 0 Å². The molecule has 9 heteroatoms. The topological polar surface area (TPSA) is 80.5 Å². The van der Waals surface area contributed by atoms with E-state index >= 15 is 0 Å². The maximum atomic E-state index is 14.4. The molecular weight excluding hydrogens is 455 g/mol. The lowest BCUT2D eigenvalue weighted by Crippen LogP contribution is -2.31. The van der Waals surface area contributed by atoms with Gasteiger partial charge in [0.1, 0.15) is 11.6 Å². The third kappa shape index (κ3) is 4.28. The molecule has 2 aromatic carbocycles. The third-order valence-corrected chi connectivity index (χ3v) is 6.66. The van der Waals surface area contributed by atoms with Crippen molar-refractivity contribution in [3.05, 3.63) is 107 Å². The number of amides is 1. The minimum Gasteiger partial charge on any atom is -0.439 e. The molecule has 1 amide bonds. The van der Waals surface area contributed by atoms with Gasteiger partial charge in [-0.25, -0.2) is 17.8 Å². The van der Waals surface area contributed by atoms with Gasteiger partial charge in [-0.3, -0.25) is 9.69 Å². The van der Waals surface area contributed by atoms with Crippen LogP contribution >= 0.6 is 11.6 Å². The fraction of sp³-hybridized carbons (Fsp3) is 0.0435. The molecule has 0 bridgehead atoms. The minimum atomic E-state index is -3.95.